The van der Waals surface area contributed by atoms with Gasteiger partial charge in [-0.25, -0.2) is 19.3 Å². The van der Waals surface area contributed by atoms with Crippen LogP contribution >= 0.6 is 0 Å². The molecule has 0 saturated carbocycles. The van der Waals surface area contributed by atoms with Crippen molar-refractivity contribution in [3.8, 4) is 56.4 Å². The van der Waals surface area contributed by atoms with E-state index < -0.39 is 0 Å². The zero-order valence-corrected chi connectivity index (χ0v) is 28.0. The minimum absolute atomic E-state index is 0.325. The van der Waals surface area contributed by atoms with Crippen LogP contribution in [-0.2, 0) is 0 Å². The second-order valence-corrected chi connectivity index (χ2v) is 12.8. The number of fused-ring (bicyclic) bond motifs is 6. The Morgan fingerprint density at radius 1 is 0.321 bits per heavy atom. The molecule has 0 aliphatic carbocycles. The highest BCUT2D eigenvalue weighted by molar-refractivity contribution is 6.09. The fourth-order valence-corrected chi connectivity index (χ4v) is 6.97. The van der Waals surface area contributed by atoms with Crippen molar-refractivity contribution < 1.29 is 4.39 Å². The van der Waals surface area contributed by atoms with E-state index in [0.29, 0.717) is 23.0 Å². The van der Waals surface area contributed by atoms with Crippen molar-refractivity contribution in [2.45, 2.75) is 0 Å². The standard InChI is InChI=1S/C45H26FN7/c46-34-17-13-33(14-18-34)45-52-43(31-9-5-27(6-10-31)35-21-25-49-41-37(35)19-15-29-3-1-23-47-39(29)41)51-44(53-45)32-11-7-28(8-12-32)36-22-26-50-42-38(36)20-16-30-4-2-24-48-40(30)42/h1-26H. The van der Waals surface area contributed by atoms with Crippen LogP contribution in [0.5, 0.6) is 0 Å². The van der Waals surface area contributed by atoms with Crippen LogP contribution in [0.4, 0.5) is 4.39 Å². The molecule has 0 saturated heterocycles. The number of hydrogen-bond donors (Lipinski definition) is 0. The Morgan fingerprint density at radius 3 is 1.13 bits per heavy atom. The molecular formula is C45H26FN7. The molecule has 5 aromatic heterocycles. The molecule has 0 unspecified atom stereocenters. The molecule has 0 amide bonds. The van der Waals surface area contributed by atoms with Gasteiger partial charge in [0.05, 0.1) is 22.1 Å². The fourth-order valence-electron chi connectivity index (χ4n) is 6.97. The summed E-state index contributed by atoms with van der Waals surface area (Å²) in [4.78, 5) is 33.2. The van der Waals surface area contributed by atoms with Crippen molar-refractivity contribution in [1.29, 1.82) is 0 Å². The first-order valence-electron chi connectivity index (χ1n) is 17.1. The molecule has 0 spiro atoms. The van der Waals surface area contributed by atoms with Crippen molar-refractivity contribution in [3.63, 3.8) is 0 Å². The van der Waals surface area contributed by atoms with Gasteiger partial charge in [-0.2, -0.15) is 0 Å². The van der Waals surface area contributed by atoms with Crippen LogP contribution in [0.15, 0.2) is 158 Å². The van der Waals surface area contributed by atoms with Crippen molar-refractivity contribution >= 4 is 43.6 Å². The van der Waals surface area contributed by atoms with Gasteiger partial charge in [0.2, 0.25) is 0 Å². The molecule has 5 heterocycles. The van der Waals surface area contributed by atoms with E-state index in [2.05, 4.69) is 68.5 Å². The smallest absolute Gasteiger partial charge is 0.164 e. The Labute approximate surface area is 302 Å². The molecule has 10 aromatic rings. The normalized spacial score (nSPS) is 11.5. The van der Waals surface area contributed by atoms with E-state index in [0.717, 1.165) is 77.0 Å². The van der Waals surface area contributed by atoms with Crippen LogP contribution in [0.25, 0.3) is 100 Å². The minimum Gasteiger partial charge on any atom is -0.254 e. The number of halogens is 1. The molecule has 0 fully saturated rings. The molecule has 0 radical (unpaired) electrons. The summed E-state index contributed by atoms with van der Waals surface area (Å²) >= 11 is 0. The van der Waals surface area contributed by atoms with Gasteiger partial charge in [0.25, 0.3) is 0 Å². The summed E-state index contributed by atoms with van der Waals surface area (Å²) in [6.07, 6.45) is 7.25. The molecule has 8 heteroatoms. The molecule has 10 rings (SSSR count). The molecular weight excluding hydrogens is 658 g/mol. The maximum Gasteiger partial charge on any atom is 0.164 e. The number of aromatic nitrogens is 7. The van der Waals surface area contributed by atoms with Gasteiger partial charge in [-0.15, -0.1) is 0 Å². The van der Waals surface area contributed by atoms with Gasteiger partial charge in [-0.3, -0.25) is 19.9 Å². The quantitative estimate of drug-likeness (QED) is 0.167. The van der Waals surface area contributed by atoms with Crippen LogP contribution in [0.3, 0.4) is 0 Å². The zero-order valence-electron chi connectivity index (χ0n) is 28.0. The van der Waals surface area contributed by atoms with Crippen LogP contribution in [-0.4, -0.2) is 34.9 Å². The van der Waals surface area contributed by atoms with Gasteiger partial charge in [-0.05, 0) is 70.8 Å². The van der Waals surface area contributed by atoms with Crippen LogP contribution in [0.2, 0.25) is 0 Å². The summed E-state index contributed by atoms with van der Waals surface area (Å²) < 4.78 is 13.9. The second-order valence-electron chi connectivity index (χ2n) is 12.8. The summed E-state index contributed by atoms with van der Waals surface area (Å²) in [7, 11) is 0. The van der Waals surface area contributed by atoms with E-state index in [9.17, 15) is 4.39 Å². The van der Waals surface area contributed by atoms with Crippen LogP contribution in [0, 0.1) is 5.82 Å². The van der Waals surface area contributed by atoms with Gasteiger partial charge in [0.1, 0.15) is 5.82 Å². The van der Waals surface area contributed by atoms with Gasteiger partial charge >= 0.3 is 0 Å². The van der Waals surface area contributed by atoms with E-state index in [4.69, 9.17) is 15.0 Å². The highest BCUT2D eigenvalue weighted by Gasteiger charge is 2.15. The Morgan fingerprint density at radius 2 is 0.698 bits per heavy atom. The third kappa shape index (κ3) is 5.41. The molecule has 0 aliphatic rings. The first-order chi connectivity index (χ1) is 26.2. The van der Waals surface area contributed by atoms with Crippen molar-refractivity contribution in [2.75, 3.05) is 0 Å². The fraction of sp³-hybridized carbons (Fsp3) is 0. The Hall–Kier alpha value is -7.32. The predicted molar refractivity (Wildman–Crippen MR) is 208 cm³/mol. The van der Waals surface area contributed by atoms with E-state index in [1.807, 2.05) is 73.1 Å². The second kappa shape index (κ2) is 12.5. The third-order valence-corrected chi connectivity index (χ3v) is 9.61. The summed E-state index contributed by atoms with van der Waals surface area (Å²) in [5.41, 5.74) is 10.0. The third-order valence-electron chi connectivity index (χ3n) is 9.61. The van der Waals surface area contributed by atoms with Crippen molar-refractivity contribution in [2.24, 2.45) is 0 Å². The van der Waals surface area contributed by atoms with Crippen molar-refractivity contribution in [3.05, 3.63) is 164 Å². The maximum absolute atomic E-state index is 13.9. The summed E-state index contributed by atoms with van der Waals surface area (Å²) in [6, 6.07) is 42.9. The van der Waals surface area contributed by atoms with E-state index in [1.165, 1.54) is 12.1 Å². The predicted octanol–water partition coefficient (Wildman–Crippen LogP) is 10.5. The average Bonchev–Trinajstić information content (AvgIpc) is 3.23. The topological polar surface area (TPSA) is 90.2 Å². The molecule has 248 valence electrons. The highest BCUT2D eigenvalue weighted by atomic mass is 19.1. The van der Waals surface area contributed by atoms with Gasteiger partial charge < -0.3 is 0 Å². The molecule has 0 atom stereocenters. The lowest BCUT2D eigenvalue weighted by atomic mass is 9.98. The first kappa shape index (κ1) is 30.5. The number of nitrogens with zero attached hydrogens (tertiary/aromatic N) is 7. The SMILES string of the molecule is Fc1ccc(-c2nc(-c3ccc(-c4ccnc5c4ccc4cccnc45)cc3)nc(-c3ccc(-c4ccnc5c4ccc4cccnc45)cc3)n2)cc1. The van der Waals surface area contributed by atoms with E-state index in [1.54, 1.807) is 24.5 Å². The Kier molecular flexibility index (Phi) is 7.18. The maximum atomic E-state index is 13.9. The first-order valence-corrected chi connectivity index (χ1v) is 17.1. The van der Waals surface area contributed by atoms with Gasteiger partial charge in [-0.1, -0.05) is 84.9 Å². The number of rotatable bonds is 5. The minimum atomic E-state index is -0.325. The van der Waals surface area contributed by atoms with Crippen molar-refractivity contribution in [1.82, 2.24) is 34.9 Å². The van der Waals surface area contributed by atoms with E-state index in [-0.39, 0.29) is 5.82 Å². The molecule has 0 aliphatic heterocycles. The molecule has 0 N–H and O–H groups in total. The number of benzene rings is 5. The molecule has 7 nitrogen and oxygen atoms in total. The Balaban J connectivity index is 1.04. The molecule has 0 bridgehead atoms. The zero-order chi connectivity index (χ0) is 35.3. The lowest BCUT2D eigenvalue weighted by Gasteiger charge is -2.11. The highest BCUT2D eigenvalue weighted by Crippen LogP contribution is 2.34. The molecule has 5 aromatic carbocycles. The van der Waals surface area contributed by atoms with Gasteiger partial charge in [0, 0.05) is 63.0 Å². The number of pyridine rings is 4. The largest absolute Gasteiger partial charge is 0.254 e. The number of hydrogen-bond acceptors (Lipinski definition) is 7. The average molecular weight is 684 g/mol. The van der Waals surface area contributed by atoms with E-state index >= 15 is 0 Å². The van der Waals surface area contributed by atoms with Crippen LogP contribution in [0.1, 0.15) is 0 Å². The lowest BCUT2D eigenvalue weighted by molar-refractivity contribution is 0.628. The van der Waals surface area contributed by atoms with Gasteiger partial charge in [0.15, 0.2) is 17.5 Å². The van der Waals surface area contributed by atoms with Crippen LogP contribution < -0.4 is 0 Å². The summed E-state index contributed by atoms with van der Waals surface area (Å²) in [5, 5.41) is 4.16. The summed E-state index contributed by atoms with van der Waals surface area (Å²) in [6.45, 7) is 0. The lowest BCUT2D eigenvalue weighted by Crippen LogP contribution is -2.00. The molecule has 53 heavy (non-hydrogen) atoms. The summed E-state index contributed by atoms with van der Waals surface area (Å²) in [5.74, 6) is 1.16. The monoisotopic (exact) mass is 683 g/mol. The Bertz CT molecular complexity index is 2820.